The van der Waals surface area contributed by atoms with Gasteiger partial charge < -0.3 is 9.84 Å². The smallest absolute Gasteiger partial charge is 0.124 e. The lowest BCUT2D eigenvalue weighted by molar-refractivity contribution is 0.00867. The number of ether oxygens (including phenoxy) is 1. The van der Waals surface area contributed by atoms with E-state index in [9.17, 15) is 4.39 Å². The third-order valence-electron chi connectivity index (χ3n) is 3.97. The summed E-state index contributed by atoms with van der Waals surface area (Å²) in [5.41, 5.74) is 1.58. The number of halogens is 1. The summed E-state index contributed by atoms with van der Waals surface area (Å²) < 4.78 is 19.3. The van der Waals surface area contributed by atoms with E-state index in [0.717, 1.165) is 24.3 Å². The second kappa shape index (κ2) is 8.17. The second-order valence-corrected chi connectivity index (χ2v) is 5.77. The van der Waals surface area contributed by atoms with Crippen molar-refractivity contribution in [2.75, 3.05) is 6.61 Å². The molecule has 0 unspecified atom stereocenters. The Bertz CT molecular complexity index is 508. The van der Waals surface area contributed by atoms with Gasteiger partial charge >= 0.3 is 0 Å². The Labute approximate surface area is 126 Å². The molecule has 1 aliphatic carbocycles. The van der Waals surface area contributed by atoms with Crippen molar-refractivity contribution in [2.45, 2.75) is 51.7 Å². The lowest BCUT2D eigenvalue weighted by Crippen LogP contribution is -2.20. The average Bonchev–Trinajstić information content (AvgIpc) is 2.48. The van der Waals surface area contributed by atoms with Crippen molar-refractivity contribution in [1.82, 2.24) is 0 Å². The fraction of sp³-hybridized carbons (Fsp3) is 0.556. The average molecular weight is 290 g/mol. The molecular weight excluding hydrogens is 267 g/mol. The van der Waals surface area contributed by atoms with E-state index in [2.05, 4.69) is 18.8 Å². The van der Waals surface area contributed by atoms with Gasteiger partial charge in [0.15, 0.2) is 0 Å². The predicted molar refractivity (Wildman–Crippen MR) is 81.2 cm³/mol. The zero-order chi connectivity index (χ0) is 15.1. The van der Waals surface area contributed by atoms with E-state index in [1.165, 1.54) is 25.0 Å². The standard InChI is InChI=1S/C18H23FO2/c1-14-5-9-18(10-6-14)21-13-16-7-8-17(19)12-15(16)4-2-3-11-20/h7-8,12,14,18,20H,3,5-6,9-11,13H2,1H3. The fourth-order valence-electron chi connectivity index (χ4n) is 2.61. The van der Waals surface area contributed by atoms with Gasteiger partial charge in [-0.3, -0.25) is 0 Å². The van der Waals surface area contributed by atoms with Gasteiger partial charge in [0.1, 0.15) is 5.82 Å². The predicted octanol–water partition coefficient (Wildman–Crippen LogP) is 3.65. The molecule has 0 bridgehead atoms. The molecule has 21 heavy (non-hydrogen) atoms. The van der Waals surface area contributed by atoms with E-state index in [0.29, 0.717) is 24.7 Å². The van der Waals surface area contributed by atoms with Crippen LogP contribution in [0.25, 0.3) is 0 Å². The Morgan fingerprint density at radius 3 is 2.76 bits per heavy atom. The van der Waals surface area contributed by atoms with Gasteiger partial charge in [-0.1, -0.05) is 24.8 Å². The minimum absolute atomic E-state index is 0.0222. The molecule has 0 aliphatic heterocycles. The number of benzene rings is 1. The summed E-state index contributed by atoms with van der Waals surface area (Å²) >= 11 is 0. The quantitative estimate of drug-likeness (QED) is 0.858. The summed E-state index contributed by atoms with van der Waals surface area (Å²) in [6.07, 6.45) is 5.36. The maximum Gasteiger partial charge on any atom is 0.124 e. The molecule has 2 nitrogen and oxygen atoms in total. The molecule has 0 amide bonds. The van der Waals surface area contributed by atoms with Crippen LogP contribution < -0.4 is 0 Å². The molecule has 1 fully saturated rings. The second-order valence-electron chi connectivity index (χ2n) is 5.77. The molecule has 0 atom stereocenters. The minimum Gasteiger partial charge on any atom is -0.395 e. The molecule has 1 aliphatic rings. The summed E-state index contributed by atoms with van der Waals surface area (Å²) in [6, 6.07) is 4.62. The van der Waals surface area contributed by atoms with Gasteiger partial charge in [0, 0.05) is 12.0 Å². The van der Waals surface area contributed by atoms with Crippen LogP contribution in [-0.2, 0) is 11.3 Å². The first-order valence-corrected chi connectivity index (χ1v) is 7.69. The van der Waals surface area contributed by atoms with Crippen LogP contribution in [0, 0.1) is 23.6 Å². The monoisotopic (exact) mass is 290 g/mol. The molecule has 3 heteroatoms. The van der Waals surface area contributed by atoms with Crippen LogP contribution in [0.1, 0.15) is 50.2 Å². The van der Waals surface area contributed by atoms with Crippen LogP contribution in [0.3, 0.4) is 0 Å². The number of aliphatic hydroxyl groups is 1. The van der Waals surface area contributed by atoms with Crippen LogP contribution in [0.5, 0.6) is 0 Å². The lowest BCUT2D eigenvalue weighted by Gasteiger charge is -2.26. The minimum atomic E-state index is -0.293. The molecule has 1 saturated carbocycles. The van der Waals surface area contributed by atoms with Crippen LogP contribution in [0.4, 0.5) is 4.39 Å². The van der Waals surface area contributed by atoms with Gasteiger partial charge in [-0.2, -0.15) is 0 Å². The van der Waals surface area contributed by atoms with Gasteiger partial charge in [-0.15, -0.1) is 0 Å². The number of aliphatic hydroxyl groups excluding tert-OH is 1. The zero-order valence-electron chi connectivity index (χ0n) is 12.6. The van der Waals surface area contributed by atoms with Gasteiger partial charge in [-0.25, -0.2) is 4.39 Å². The highest BCUT2D eigenvalue weighted by Crippen LogP contribution is 2.26. The van der Waals surface area contributed by atoms with E-state index >= 15 is 0 Å². The molecule has 0 saturated heterocycles. The third-order valence-corrected chi connectivity index (χ3v) is 3.97. The van der Waals surface area contributed by atoms with E-state index in [1.54, 1.807) is 6.07 Å². The highest BCUT2D eigenvalue weighted by atomic mass is 19.1. The normalized spacial score (nSPS) is 21.7. The fourth-order valence-corrected chi connectivity index (χ4v) is 2.61. The maximum absolute atomic E-state index is 13.3. The van der Waals surface area contributed by atoms with Crippen LogP contribution in [-0.4, -0.2) is 17.8 Å². The molecular formula is C18H23FO2. The SMILES string of the molecule is CC1CCC(OCc2ccc(F)cc2C#CCCO)CC1. The Morgan fingerprint density at radius 1 is 1.29 bits per heavy atom. The maximum atomic E-state index is 13.3. The summed E-state index contributed by atoms with van der Waals surface area (Å²) in [4.78, 5) is 0. The molecule has 114 valence electrons. The molecule has 1 aromatic carbocycles. The highest BCUT2D eigenvalue weighted by molar-refractivity contribution is 5.41. The Hall–Kier alpha value is -1.37. The molecule has 1 aromatic rings. The summed E-state index contributed by atoms with van der Waals surface area (Å²) in [5.74, 6) is 6.27. The number of rotatable bonds is 4. The Kier molecular flexibility index (Phi) is 6.22. The molecule has 0 heterocycles. The lowest BCUT2D eigenvalue weighted by atomic mass is 9.89. The van der Waals surface area contributed by atoms with Gasteiger partial charge in [0.2, 0.25) is 0 Å². The first-order valence-electron chi connectivity index (χ1n) is 7.69. The van der Waals surface area contributed by atoms with E-state index in [1.807, 2.05) is 0 Å². The van der Waals surface area contributed by atoms with Crippen molar-refractivity contribution >= 4 is 0 Å². The first kappa shape index (κ1) is 16.0. The Balaban J connectivity index is 1.97. The van der Waals surface area contributed by atoms with Crippen molar-refractivity contribution < 1.29 is 14.2 Å². The largest absolute Gasteiger partial charge is 0.395 e. The van der Waals surface area contributed by atoms with Gasteiger partial charge in [0.25, 0.3) is 0 Å². The van der Waals surface area contributed by atoms with E-state index in [4.69, 9.17) is 9.84 Å². The van der Waals surface area contributed by atoms with Crippen LogP contribution in [0.2, 0.25) is 0 Å². The van der Waals surface area contributed by atoms with E-state index < -0.39 is 0 Å². The summed E-state index contributed by atoms with van der Waals surface area (Å²) in [5, 5.41) is 8.76. The topological polar surface area (TPSA) is 29.5 Å². The highest BCUT2D eigenvalue weighted by Gasteiger charge is 2.18. The first-order chi connectivity index (χ1) is 10.2. The number of hydrogen-bond acceptors (Lipinski definition) is 2. The van der Waals surface area contributed by atoms with Crippen molar-refractivity contribution in [3.63, 3.8) is 0 Å². The third kappa shape index (κ3) is 5.15. The van der Waals surface area contributed by atoms with Crippen LogP contribution >= 0.6 is 0 Å². The molecule has 0 radical (unpaired) electrons. The van der Waals surface area contributed by atoms with Crippen molar-refractivity contribution in [1.29, 1.82) is 0 Å². The van der Waals surface area contributed by atoms with Crippen LogP contribution in [0.15, 0.2) is 18.2 Å². The summed E-state index contributed by atoms with van der Waals surface area (Å²) in [7, 11) is 0. The zero-order valence-corrected chi connectivity index (χ0v) is 12.6. The van der Waals surface area contributed by atoms with Crippen molar-refractivity contribution in [3.8, 4) is 11.8 Å². The van der Waals surface area contributed by atoms with Crippen molar-refractivity contribution in [2.24, 2.45) is 5.92 Å². The molecule has 1 N–H and O–H groups in total. The van der Waals surface area contributed by atoms with Crippen molar-refractivity contribution in [3.05, 3.63) is 35.1 Å². The van der Waals surface area contributed by atoms with E-state index in [-0.39, 0.29) is 12.4 Å². The molecule has 2 rings (SSSR count). The summed E-state index contributed by atoms with van der Waals surface area (Å²) in [6.45, 7) is 2.78. The molecule has 0 spiro atoms. The number of hydrogen-bond donors (Lipinski definition) is 1. The van der Waals surface area contributed by atoms with Gasteiger partial charge in [0.05, 0.1) is 19.3 Å². The molecule has 0 aromatic heterocycles. The van der Waals surface area contributed by atoms with Gasteiger partial charge in [-0.05, 0) is 49.3 Å². The Morgan fingerprint density at radius 2 is 2.05 bits per heavy atom.